The number of hydrogen-bond donors (Lipinski definition) is 2. The summed E-state index contributed by atoms with van der Waals surface area (Å²) < 4.78 is 37.9. The normalized spacial score (nSPS) is 17.9. The smallest absolute Gasteiger partial charge is 0.309 e. The Balaban J connectivity index is 2.08. The molecule has 0 aromatic heterocycles. The van der Waals surface area contributed by atoms with Crippen LogP contribution >= 0.6 is 0 Å². The predicted octanol–water partition coefficient (Wildman–Crippen LogP) is -0.0807. The number of nitrogens with one attached hydrogen (secondary N) is 2. The first-order chi connectivity index (χ1) is 13.3. The fourth-order valence-electron chi connectivity index (χ4n) is 2.82. The van der Waals surface area contributed by atoms with E-state index in [0.717, 1.165) is 5.56 Å². The topological polar surface area (TPSA) is 114 Å². The number of sulfonamides is 1. The molecule has 2 rings (SSSR count). The van der Waals surface area contributed by atoms with E-state index >= 15 is 0 Å². The number of benzene rings is 1. The predicted molar refractivity (Wildman–Crippen MR) is 102 cm³/mol. The van der Waals surface area contributed by atoms with E-state index in [9.17, 15) is 18.0 Å². The van der Waals surface area contributed by atoms with Crippen LogP contribution in [0.3, 0.4) is 0 Å². The highest BCUT2D eigenvalue weighted by Crippen LogP contribution is 2.25. The van der Waals surface area contributed by atoms with Crippen LogP contribution in [-0.2, 0) is 29.1 Å². The summed E-state index contributed by atoms with van der Waals surface area (Å²) in [6.45, 7) is 4.57. The Bertz CT molecular complexity index is 812. The molecule has 0 aliphatic carbocycles. The van der Waals surface area contributed by atoms with E-state index in [0.29, 0.717) is 18.6 Å². The first-order valence-electron chi connectivity index (χ1n) is 9.03. The SMILES string of the molecule is COCCNC(=O)C(=O)NC[C@H]1OCCCN1S(=O)(=O)c1cc(C)ccc1C. The quantitative estimate of drug-likeness (QED) is 0.477. The zero-order valence-corrected chi connectivity index (χ0v) is 17.2. The molecule has 156 valence electrons. The van der Waals surface area contributed by atoms with Crippen molar-refractivity contribution in [3.05, 3.63) is 29.3 Å². The van der Waals surface area contributed by atoms with E-state index in [-0.39, 0.29) is 31.1 Å². The molecule has 1 aliphatic rings. The molecule has 1 aromatic carbocycles. The Labute approximate surface area is 165 Å². The van der Waals surface area contributed by atoms with Gasteiger partial charge in [-0.15, -0.1) is 0 Å². The zero-order chi connectivity index (χ0) is 20.7. The standard InChI is InChI=1S/C18H27N3O6S/c1-13-5-6-14(2)15(11-13)28(24,25)21-8-4-9-27-16(21)12-20-18(23)17(22)19-7-10-26-3/h5-6,11,16H,4,7-10,12H2,1-3H3,(H,19,22)(H,20,23)/t16-/m1/s1. The Morgan fingerprint density at radius 3 is 2.68 bits per heavy atom. The number of rotatable bonds is 7. The molecule has 1 fully saturated rings. The summed E-state index contributed by atoms with van der Waals surface area (Å²) in [6, 6.07) is 5.23. The number of carbonyl (C=O) groups excluding carboxylic acids is 2. The Morgan fingerprint density at radius 1 is 1.25 bits per heavy atom. The van der Waals surface area contributed by atoms with Gasteiger partial charge in [0.1, 0.15) is 6.23 Å². The van der Waals surface area contributed by atoms with E-state index in [4.69, 9.17) is 9.47 Å². The average molecular weight is 413 g/mol. The van der Waals surface area contributed by atoms with Crippen LogP contribution in [0.2, 0.25) is 0 Å². The maximum atomic E-state index is 13.2. The van der Waals surface area contributed by atoms with Gasteiger partial charge in [0, 0.05) is 20.2 Å². The summed E-state index contributed by atoms with van der Waals surface area (Å²) in [6.07, 6.45) is -0.333. The summed E-state index contributed by atoms with van der Waals surface area (Å²) in [5.74, 6) is -1.66. The van der Waals surface area contributed by atoms with E-state index in [1.165, 1.54) is 11.4 Å². The van der Waals surface area contributed by atoms with Gasteiger partial charge >= 0.3 is 11.8 Å². The van der Waals surface area contributed by atoms with Crippen molar-refractivity contribution in [2.45, 2.75) is 31.4 Å². The molecule has 2 amide bonds. The molecule has 2 N–H and O–H groups in total. The number of carbonyl (C=O) groups is 2. The Hall–Kier alpha value is -2.01. The highest BCUT2D eigenvalue weighted by molar-refractivity contribution is 7.89. The summed E-state index contributed by atoms with van der Waals surface area (Å²) in [5.41, 5.74) is 1.47. The fraction of sp³-hybridized carbons (Fsp3) is 0.556. The van der Waals surface area contributed by atoms with Crippen LogP contribution in [0.25, 0.3) is 0 Å². The Morgan fingerprint density at radius 2 is 1.96 bits per heavy atom. The molecule has 1 heterocycles. The van der Waals surface area contributed by atoms with Gasteiger partial charge in [0.05, 0.1) is 24.7 Å². The third-order valence-electron chi connectivity index (χ3n) is 4.32. The summed E-state index contributed by atoms with van der Waals surface area (Å²) in [5, 5.41) is 4.84. The van der Waals surface area contributed by atoms with Crippen molar-refractivity contribution in [3.8, 4) is 0 Å². The number of aryl methyl sites for hydroxylation is 2. The average Bonchev–Trinajstić information content (AvgIpc) is 2.68. The Kier molecular flexibility index (Phi) is 7.93. The number of nitrogens with zero attached hydrogens (tertiary/aromatic N) is 1. The molecule has 1 saturated heterocycles. The minimum Gasteiger partial charge on any atom is -0.383 e. The second-order valence-electron chi connectivity index (χ2n) is 6.52. The second kappa shape index (κ2) is 9.97. The molecule has 1 aliphatic heterocycles. The second-order valence-corrected chi connectivity index (χ2v) is 8.38. The third-order valence-corrected chi connectivity index (χ3v) is 6.35. The number of hydrogen-bond acceptors (Lipinski definition) is 6. The van der Waals surface area contributed by atoms with E-state index in [1.807, 2.05) is 13.0 Å². The molecule has 0 radical (unpaired) electrons. The first kappa shape index (κ1) is 22.3. The number of amides is 2. The van der Waals surface area contributed by atoms with Crippen LogP contribution in [0, 0.1) is 13.8 Å². The molecular weight excluding hydrogens is 386 g/mol. The van der Waals surface area contributed by atoms with Crippen molar-refractivity contribution in [3.63, 3.8) is 0 Å². The van der Waals surface area contributed by atoms with Gasteiger partial charge in [0.15, 0.2) is 0 Å². The van der Waals surface area contributed by atoms with Crippen molar-refractivity contribution in [1.82, 2.24) is 14.9 Å². The van der Waals surface area contributed by atoms with Crippen molar-refractivity contribution < 1.29 is 27.5 Å². The molecule has 0 spiro atoms. The van der Waals surface area contributed by atoms with Gasteiger partial charge < -0.3 is 20.1 Å². The minimum atomic E-state index is -3.81. The van der Waals surface area contributed by atoms with Crippen LogP contribution in [0.4, 0.5) is 0 Å². The highest BCUT2D eigenvalue weighted by Gasteiger charge is 2.35. The van der Waals surface area contributed by atoms with Gasteiger partial charge in [-0.3, -0.25) is 9.59 Å². The molecule has 0 unspecified atom stereocenters. The van der Waals surface area contributed by atoms with Crippen molar-refractivity contribution in [2.75, 3.05) is 40.0 Å². The largest absolute Gasteiger partial charge is 0.383 e. The van der Waals surface area contributed by atoms with Crippen molar-refractivity contribution in [2.24, 2.45) is 0 Å². The van der Waals surface area contributed by atoms with Crippen LogP contribution < -0.4 is 10.6 Å². The van der Waals surface area contributed by atoms with Crippen LogP contribution in [-0.4, -0.2) is 70.7 Å². The van der Waals surface area contributed by atoms with Crippen LogP contribution in [0.15, 0.2) is 23.1 Å². The molecule has 28 heavy (non-hydrogen) atoms. The summed E-state index contributed by atoms with van der Waals surface area (Å²) in [4.78, 5) is 23.9. The lowest BCUT2D eigenvalue weighted by Crippen LogP contribution is -2.53. The van der Waals surface area contributed by atoms with Gasteiger partial charge in [-0.1, -0.05) is 12.1 Å². The summed E-state index contributed by atoms with van der Waals surface area (Å²) >= 11 is 0. The van der Waals surface area contributed by atoms with Crippen LogP contribution in [0.1, 0.15) is 17.5 Å². The molecule has 10 heteroatoms. The minimum absolute atomic E-state index is 0.124. The maximum Gasteiger partial charge on any atom is 0.309 e. The molecule has 0 saturated carbocycles. The van der Waals surface area contributed by atoms with E-state index in [1.54, 1.807) is 19.1 Å². The molecule has 9 nitrogen and oxygen atoms in total. The van der Waals surface area contributed by atoms with Crippen molar-refractivity contribution >= 4 is 21.8 Å². The molecule has 1 atom stereocenters. The van der Waals surface area contributed by atoms with Gasteiger partial charge in [0.2, 0.25) is 10.0 Å². The molecular formula is C18H27N3O6S. The third kappa shape index (κ3) is 5.51. The summed E-state index contributed by atoms with van der Waals surface area (Å²) in [7, 11) is -2.33. The van der Waals surface area contributed by atoms with Gasteiger partial charge in [-0.25, -0.2) is 8.42 Å². The number of methoxy groups -OCH3 is 1. The van der Waals surface area contributed by atoms with E-state index in [2.05, 4.69) is 10.6 Å². The lowest BCUT2D eigenvalue weighted by Gasteiger charge is -2.35. The lowest BCUT2D eigenvalue weighted by molar-refractivity contribution is -0.140. The maximum absolute atomic E-state index is 13.2. The fourth-order valence-corrected chi connectivity index (χ4v) is 4.70. The van der Waals surface area contributed by atoms with Gasteiger partial charge in [-0.05, 0) is 37.5 Å². The van der Waals surface area contributed by atoms with E-state index < -0.39 is 28.1 Å². The molecule has 0 bridgehead atoms. The highest BCUT2D eigenvalue weighted by atomic mass is 32.2. The number of ether oxygens (including phenoxy) is 2. The van der Waals surface area contributed by atoms with Gasteiger partial charge in [0.25, 0.3) is 0 Å². The van der Waals surface area contributed by atoms with Crippen LogP contribution in [0.5, 0.6) is 0 Å². The lowest BCUT2D eigenvalue weighted by atomic mass is 10.2. The zero-order valence-electron chi connectivity index (χ0n) is 16.4. The monoisotopic (exact) mass is 413 g/mol. The van der Waals surface area contributed by atoms with Gasteiger partial charge in [-0.2, -0.15) is 4.31 Å². The van der Waals surface area contributed by atoms with Crippen molar-refractivity contribution in [1.29, 1.82) is 0 Å². The molecule has 1 aromatic rings. The first-order valence-corrected chi connectivity index (χ1v) is 10.5.